The standard InChI is InChI=1S/C24H31N3O4S/c1-4-5-14-25-23(28)21-7-6-15-27(21)24(29)19-9-11-20(12-10-19)26-32(30,31)22-13-8-17(2)16-18(22)3/h8-13,16,21,26H,4-7,14-15H2,1-3H3,(H,25,28)/t21-/m0/s1. The fourth-order valence-electron chi connectivity index (χ4n) is 3.95. The molecule has 1 aliphatic rings. The van der Waals surface area contributed by atoms with E-state index < -0.39 is 16.1 Å². The van der Waals surface area contributed by atoms with Gasteiger partial charge in [0, 0.05) is 24.3 Å². The first-order valence-electron chi connectivity index (χ1n) is 11.0. The molecular formula is C24H31N3O4S. The first-order chi connectivity index (χ1) is 15.2. The number of amides is 2. The van der Waals surface area contributed by atoms with Crippen molar-refractivity contribution in [2.24, 2.45) is 0 Å². The van der Waals surface area contributed by atoms with E-state index in [4.69, 9.17) is 0 Å². The number of carbonyl (C=O) groups is 2. The van der Waals surface area contributed by atoms with Crippen LogP contribution in [0.5, 0.6) is 0 Å². The minimum absolute atomic E-state index is 0.109. The monoisotopic (exact) mass is 457 g/mol. The summed E-state index contributed by atoms with van der Waals surface area (Å²) in [5, 5.41) is 2.91. The quantitative estimate of drug-likeness (QED) is 0.592. The molecule has 1 saturated heterocycles. The SMILES string of the molecule is CCCCNC(=O)[C@@H]1CCCN1C(=O)c1ccc(NS(=O)(=O)c2ccc(C)cc2C)cc1. The Balaban J connectivity index is 1.69. The second-order valence-electron chi connectivity index (χ2n) is 8.25. The number of anilines is 1. The molecule has 1 atom stereocenters. The third kappa shape index (κ3) is 5.48. The van der Waals surface area contributed by atoms with Crippen molar-refractivity contribution in [1.82, 2.24) is 10.2 Å². The summed E-state index contributed by atoms with van der Waals surface area (Å²) in [5.41, 5.74) is 2.45. The fourth-order valence-corrected chi connectivity index (χ4v) is 5.23. The van der Waals surface area contributed by atoms with Gasteiger partial charge in [0.1, 0.15) is 6.04 Å². The van der Waals surface area contributed by atoms with Crippen LogP contribution in [-0.4, -0.2) is 44.3 Å². The van der Waals surface area contributed by atoms with E-state index in [0.717, 1.165) is 24.8 Å². The molecule has 3 rings (SSSR count). The molecule has 2 N–H and O–H groups in total. The Kier molecular flexibility index (Phi) is 7.56. The molecule has 172 valence electrons. The van der Waals surface area contributed by atoms with Crippen molar-refractivity contribution < 1.29 is 18.0 Å². The Morgan fingerprint density at radius 1 is 1.09 bits per heavy atom. The molecule has 7 nitrogen and oxygen atoms in total. The van der Waals surface area contributed by atoms with E-state index in [1.54, 1.807) is 48.2 Å². The molecule has 1 heterocycles. The largest absolute Gasteiger partial charge is 0.354 e. The van der Waals surface area contributed by atoms with Crippen LogP contribution in [0.4, 0.5) is 5.69 Å². The third-order valence-electron chi connectivity index (χ3n) is 5.65. The van der Waals surface area contributed by atoms with Gasteiger partial charge in [0.05, 0.1) is 4.90 Å². The number of benzene rings is 2. The molecule has 0 bridgehead atoms. The van der Waals surface area contributed by atoms with Crippen molar-refractivity contribution in [2.75, 3.05) is 17.8 Å². The average Bonchev–Trinajstić information content (AvgIpc) is 3.23. The summed E-state index contributed by atoms with van der Waals surface area (Å²) in [5.74, 6) is -0.330. The lowest BCUT2D eigenvalue weighted by Gasteiger charge is -2.24. The number of likely N-dealkylation sites (tertiary alicyclic amines) is 1. The van der Waals surface area contributed by atoms with Crippen molar-refractivity contribution in [3.8, 4) is 0 Å². The molecule has 2 amide bonds. The lowest BCUT2D eigenvalue weighted by Crippen LogP contribution is -2.46. The van der Waals surface area contributed by atoms with Gasteiger partial charge in [-0.05, 0) is 69.0 Å². The Hall–Kier alpha value is -2.87. The molecule has 0 aliphatic carbocycles. The molecular weight excluding hydrogens is 426 g/mol. The highest BCUT2D eigenvalue weighted by Gasteiger charge is 2.34. The maximum atomic E-state index is 13.0. The van der Waals surface area contributed by atoms with Crippen LogP contribution in [0.3, 0.4) is 0 Å². The molecule has 0 spiro atoms. The second-order valence-corrected chi connectivity index (χ2v) is 9.90. The van der Waals surface area contributed by atoms with Crippen molar-refractivity contribution in [1.29, 1.82) is 0 Å². The Morgan fingerprint density at radius 3 is 2.47 bits per heavy atom. The first kappa shape index (κ1) is 23.8. The summed E-state index contributed by atoms with van der Waals surface area (Å²) in [6, 6.07) is 11.0. The average molecular weight is 458 g/mol. The van der Waals surface area contributed by atoms with Gasteiger partial charge in [-0.3, -0.25) is 14.3 Å². The van der Waals surface area contributed by atoms with E-state index in [0.29, 0.717) is 36.3 Å². The fraction of sp³-hybridized carbons (Fsp3) is 0.417. The van der Waals surface area contributed by atoms with Gasteiger partial charge in [0.15, 0.2) is 0 Å². The van der Waals surface area contributed by atoms with Gasteiger partial charge >= 0.3 is 0 Å². The van der Waals surface area contributed by atoms with Gasteiger partial charge in [-0.15, -0.1) is 0 Å². The van der Waals surface area contributed by atoms with Crippen LogP contribution >= 0.6 is 0 Å². The minimum atomic E-state index is -3.74. The number of nitrogens with zero attached hydrogens (tertiary/aromatic N) is 1. The Bertz CT molecular complexity index is 1080. The summed E-state index contributed by atoms with van der Waals surface area (Å²) in [6.45, 7) is 6.87. The summed E-state index contributed by atoms with van der Waals surface area (Å²) < 4.78 is 28.1. The number of aryl methyl sites for hydroxylation is 2. The van der Waals surface area contributed by atoms with Crippen LogP contribution in [0.1, 0.15) is 54.1 Å². The van der Waals surface area contributed by atoms with Crippen molar-refractivity contribution >= 4 is 27.5 Å². The predicted molar refractivity (Wildman–Crippen MR) is 125 cm³/mol. The topological polar surface area (TPSA) is 95.6 Å². The van der Waals surface area contributed by atoms with E-state index in [-0.39, 0.29) is 16.7 Å². The number of rotatable bonds is 8. The van der Waals surface area contributed by atoms with Gasteiger partial charge < -0.3 is 10.2 Å². The van der Waals surface area contributed by atoms with Crippen LogP contribution in [0.2, 0.25) is 0 Å². The zero-order valence-electron chi connectivity index (χ0n) is 18.8. The van der Waals surface area contributed by atoms with Crippen LogP contribution in [0.25, 0.3) is 0 Å². The van der Waals surface area contributed by atoms with Gasteiger partial charge in [0.2, 0.25) is 5.91 Å². The molecule has 1 aliphatic heterocycles. The van der Waals surface area contributed by atoms with Gasteiger partial charge in [0.25, 0.3) is 15.9 Å². The molecule has 8 heteroatoms. The summed E-state index contributed by atoms with van der Waals surface area (Å²) in [7, 11) is -3.74. The number of hydrogen-bond donors (Lipinski definition) is 2. The third-order valence-corrected chi connectivity index (χ3v) is 7.19. The maximum absolute atomic E-state index is 13.0. The lowest BCUT2D eigenvalue weighted by atomic mass is 10.1. The number of nitrogens with one attached hydrogen (secondary N) is 2. The van der Waals surface area contributed by atoms with Crippen molar-refractivity contribution in [3.05, 3.63) is 59.2 Å². The van der Waals surface area contributed by atoms with Crippen molar-refractivity contribution in [2.45, 2.75) is 57.4 Å². The van der Waals surface area contributed by atoms with Gasteiger partial charge in [-0.25, -0.2) is 8.42 Å². The van der Waals surface area contributed by atoms with Crippen LogP contribution < -0.4 is 10.0 Å². The van der Waals surface area contributed by atoms with Crippen LogP contribution in [0.15, 0.2) is 47.4 Å². The molecule has 2 aromatic rings. The number of sulfonamides is 1. The zero-order chi connectivity index (χ0) is 23.3. The molecule has 2 aromatic carbocycles. The van der Waals surface area contributed by atoms with Gasteiger partial charge in [-0.1, -0.05) is 31.0 Å². The molecule has 1 fully saturated rings. The molecule has 0 saturated carbocycles. The maximum Gasteiger partial charge on any atom is 0.262 e. The molecule has 0 aromatic heterocycles. The highest BCUT2D eigenvalue weighted by molar-refractivity contribution is 7.92. The van der Waals surface area contributed by atoms with E-state index in [1.165, 1.54) is 0 Å². The molecule has 0 unspecified atom stereocenters. The summed E-state index contributed by atoms with van der Waals surface area (Å²) >= 11 is 0. The van der Waals surface area contributed by atoms with Crippen LogP contribution in [-0.2, 0) is 14.8 Å². The highest BCUT2D eigenvalue weighted by Crippen LogP contribution is 2.23. The zero-order valence-corrected chi connectivity index (χ0v) is 19.7. The number of unbranched alkanes of at least 4 members (excludes halogenated alkanes) is 1. The van der Waals surface area contributed by atoms with Crippen molar-refractivity contribution in [3.63, 3.8) is 0 Å². The predicted octanol–water partition coefficient (Wildman–Crippen LogP) is 3.63. The van der Waals surface area contributed by atoms with Gasteiger partial charge in [-0.2, -0.15) is 0 Å². The van der Waals surface area contributed by atoms with Crippen LogP contribution in [0, 0.1) is 13.8 Å². The smallest absolute Gasteiger partial charge is 0.262 e. The second kappa shape index (κ2) is 10.2. The minimum Gasteiger partial charge on any atom is -0.354 e. The normalized spacial score (nSPS) is 16.1. The number of hydrogen-bond acceptors (Lipinski definition) is 4. The molecule has 32 heavy (non-hydrogen) atoms. The Labute approximate surface area is 190 Å². The lowest BCUT2D eigenvalue weighted by molar-refractivity contribution is -0.124. The highest BCUT2D eigenvalue weighted by atomic mass is 32.2. The number of carbonyl (C=O) groups excluding carboxylic acids is 2. The Morgan fingerprint density at radius 2 is 1.81 bits per heavy atom. The van der Waals surface area contributed by atoms with E-state index in [9.17, 15) is 18.0 Å². The first-order valence-corrected chi connectivity index (χ1v) is 12.5. The van der Waals surface area contributed by atoms with E-state index in [2.05, 4.69) is 17.0 Å². The summed E-state index contributed by atoms with van der Waals surface area (Å²) in [6.07, 6.45) is 3.34. The summed E-state index contributed by atoms with van der Waals surface area (Å²) in [4.78, 5) is 27.3. The van der Waals surface area contributed by atoms with E-state index >= 15 is 0 Å². The molecule has 0 radical (unpaired) electrons. The van der Waals surface area contributed by atoms with E-state index in [1.807, 2.05) is 13.0 Å².